The highest BCUT2D eigenvalue weighted by Gasteiger charge is 2.17. The van der Waals surface area contributed by atoms with Crippen molar-refractivity contribution in [3.63, 3.8) is 0 Å². The first-order valence-corrected chi connectivity index (χ1v) is 12.0. The summed E-state index contributed by atoms with van der Waals surface area (Å²) in [6.45, 7) is 6.91. The SMILES string of the molecule is Cc1nnc(C(=O)Nc2cccc(C(=O)NCCCN3CCN(c4ccc(F)cc4)CC3)c2)s1. The maximum absolute atomic E-state index is 13.1. The van der Waals surface area contributed by atoms with Gasteiger partial charge in [-0.15, -0.1) is 10.2 Å². The van der Waals surface area contributed by atoms with Gasteiger partial charge in [-0.05, 0) is 62.4 Å². The second-order valence-electron chi connectivity index (χ2n) is 8.08. The molecule has 0 atom stereocenters. The van der Waals surface area contributed by atoms with Crippen molar-refractivity contribution in [1.29, 1.82) is 0 Å². The van der Waals surface area contributed by atoms with Crippen molar-refractivity contribution in [2.24, 2.45) is 0 Å². The Morgan fingerprint density at radius 1 is 1.03 bits per heavy atom. The monoisotopic (exact) mass is 482 g/mol. The minimum absolute atomic E-state index is 0.177. The van der Waals surface area contributed by atoms with Gasteiger partial charge in [-0.2, -0.15) is 0 Å². The van der Waals surface area contributed by atoms with Crippen LogP contribution in [0.25, 0.3) is 0 Å². The number of anilines is 2. The number of halogens is 1. The molecular formula is C24H27FN6O2S. The third-order valence-electron chi connectivity index (χ3n) is 5.60. The Hall–Kier alpha value is -3.37. The summed E-state index contributed by atoms with van der Waals surface area (Å²) in [5, 5.41) is 14.4. The van der Waals surface area contributed by atoms with Crippen LogP contribution in [0.1, 0.15) is 31.6 Å². The standard InChI is InChI=1S/C24H27FN6O2S/c1-17-28-29-24(34-17)23(33)27-20-5-2-4-18(16-20)22(32)26-10-3-11-30-12-14-31(15-13-30)21-8-6-19(25)7-9-21/h2,4-9,16H,3,10-15H2,1H3,(H,26,32)(H,27,33). The highest BCUT2D eigenvalue weighted by atomic mass is 32.1. The fourth-order valence-corrected chi connectivity index (χ4v) is 4.39. The Bertz CT molecular complexity index is 1130. The Kier molecular flexibility index (Phi) is 7.81. The van der Waals surface area contributed by atoms with Crippen LogP contribution in [0.5, 0.6) is 0 Å². The van der Waals surface area contributed by atoms with E-state index in [4.69, 9.17) is 0 Å². The molecule has 2 amide bonds. The van der Waals surface area contributed by atoms with Crippen LogP contribution in [0.15, 0.2) is 48.5 Å². The van der Waals surface area contributed by atoms with Crippen LogP contribution in [-0.2, 0) is 0 Å². The van der Waals surface area contributed by atoms with Gasteiger partial charge in [0.1, 0.15) is 10.8 Å². The maximum Gasteiger partial charge on any atom is 0.286 e. The molecule has 3 aromatic rings. The molecule has 1 aliphatic rings. The van der Waals surface area contributed by atoms with Crippen molar-refractivity contribution in [2.45, 2.75) is 13.3 Å². The Labute approximate surface area is 201 Å². The molecule has 0 radical (unpaired) electrons. The number of carbonyl (C=O) groups excluding carboxylic acids is 2. The number of nitrogens with one attached hydrogen (secondary N) is 2. The molecule has 1 aliphatic heterocycles. The van der Waals surface area contributed by atoms with Gasteiger partial charge in [-0.25, -0.2) is 4.39 Å². The lowest BCUT2D eigenvalue weighted by Gasteiger charge is -2.36. The minimum Gasteiger partial charge on any atom is -0.369 e. The molecule has 34 heavy (non-hydrogen) atoms. The van der Waals surface area contributed by atoms with Gasteiger partial charge in [0.05, 0.1) is 0 Å². The second kappa shape index (κ2) is 11.2. The molecule has 8 nitrogen and oxygen atoms in total. The quantitative estimate of drug-likeness (QED) is 0.480. The number of nitrogens with zero attached hydrogens (tertiary/aromatic N) is 4. The molecule has 1 fully saturated rings. The summed E-state index contributed by atoms with van der Waals surface area (Å²) in [5.74, 6) is -0.740. The van der Waals surface area contributed by atoms with E-state index in [1.165, 1.54) is 23.5 Å². The Balaban J connectivity index is 1.18. The molecule has 10 heteroatoms. The molecule has 0 aliphatic carbocycles. The third-order valence-corrected chi connectivity index (χ3v) is 6.44. The Morgan fingerprint density at radius 2 is 1.79 bits per heavy atom. The van der Waals surface area contributed by atoms with Crippen molar-refractivity contribution in [3.8, 4) is 0 Å². The normalized spacial score (nSPS) is 14.1. The zero-order valence-electron chi connectivity index (χ0n) is 19.0. The largest absolute Gasteiger partial charge is 0.369 e. The van der Waals surface area contributed by atoms with Gasteiger partial charge in [0, 0.05) is 49.7 Å². The number of hydrogen-bond acceptors (Lipinski definition) is 7. The van der Waals surface area contributed by atoms with E-state index in [9.17, 15) is 14.0 Å². The summed E-state index contributed by atoms with van der Waals surface area (Å²) < 4.78 is 13.1. The number of aryl methyl sites for hydroxylation is 1. The van der Waals surface area contributed by atoms with E-state index in [2.05, 4.69) is 30.6 Å². The zero-order valence-corrected chi connectivity index (χ0v) is 19.8. The highest BCUT2D eigenvalue weighted by Crippen LogP contribution is 2.17. The smallest absolute Gasteiger partial charge is 0.286 e. The van der Waals surface area contributed by atoms with E-state index >= 15 is 0 Å². The van der Waals surface area contributed by atoms with Crippen LogP contribution in [0.3, 0.4) is 0 Å². The van der Waals surface area contributed by atoms with Crippen LogP contribution >= 0.6 is 11.3 Å². The molecule has 0 spiro atoms. The van der Waals surface area contributed by atoms with Crippen LogP contribution in [0.4, 0.5) is 15.8 Å². The van der Waals surface area contributed by atoms with E-state index in [1.807, 2.05) is 12.1 Å². The van der Waals surface area contributed by atoms with E-state index in [-0.39, 0.29) is 22.6 Å². The minimum atomic E-state index is -0.345. The maximum atomic E-state index is 13.1. The van der Waals surface area contributed by atoms with Crippen LogP contribution in [0.2, 0.25) is 0 Å². The number of piperazine rings is 1. The average molecular weight is 483 g/mol. The third kappa shape index (κ3) is 6.36. The van der Waals surface area contributed by atoms with Gasteiger partial charge < -0.3 is 15.5 Å². The first-order chi connectivity index (χ1) is 16.5. The first-order valence-electron chi connectivity index (χ1n) is 11.2. The average Bonchev–Trinajstić information content (AvgIpc) is 3.29. The molecule has 178 valence electrons. The molecule has 0 bridgehead atoms. The highest BCUT2D eigenvalue weighted by molar-refractivity contribution is 7.13. The number of hydrogen-bond donors (Lipinski definition) is 2. The number of benzene rings is 2. The van der Waals surface area contributed by atoms with Crippen molar-refractivity contribution >= 4 is 34.5 Å². The molecule has 2 N–H and O–H groups in total. The number of rotatable bonds is 8. The topological polar surface area (TPSA) is 90.5 Å². The summed E-state index contributed by atoms with van der Waals surface area (Å²) in [6, 6.07) is 13.5. The summed E-state index contributed by atoms with van der Waals surface area (Å²) in [6.07, 6.45) is 0.842. The lowest BCUT2D eigenvalue weighted by Crippen LogP contribution is -2.47. The number of amides is 2. The Morgan fingerprint density at radius 3 is 2.50 bits per heavy atom. The number of aromatic nitrogens is 2. The van der Waals surface area contributed by atoms with Gasteiger partial charge >= 0.3 is 0 Å². The van der Waals surface area contributed by atoms with Gasteiger partial charge in [0.2, 0.25) is 5.01 Å². The van der Waals surface area contributed by atoms with Gasteiger partial charge in [0.25, 0.3) is 11.8 Å². The molecular weight excluding hydrogens is 455 g/mol. The van der Waals surface area contributed by atoms with Crippen LogP contribution in [-0.4, -0.2) is 66.2 Å². The van der Waals surface area contributed by atoms with Crippen molar-refractivity contribution in [3.05, 3.63) is 69.9 Å². The molecule has 2 aromatic carbocycles. The molecule has 2 heterocycles. The summed E-state index contributed by atoms with van der Waals surface area (Å²) in [7, 11) is 0. The van der Waals surface area contributed by atoms with Crippen molar-refractivity contribution in [1.82, 2.24) is 20.4 Å². The van der Waals surface area contributed by atoms with Crippen molar-refractivity contribution < 1.29 is 14.0 Å². The molecule has 1 aromatic heterocycles. The van der Waals surface area contributed by atoms with Crippen LogP contribution < -0.4 is 15.5 Å². The molecule has 4 rings (SSSR count). The fourth-order valence-electron chi connectivity index (χ4n) is 3.80. The lowest BCUT2D eigenvalue weighted by molar-refractivity contribution is 0.0950. The summed E-state index contributed by atoms with van der Waals surface area (Å²) in [4.78, 5) is 29.4. The molecule has 0 saturated carbocycles. The molecule has 1 saturated heterocycles. The first kappa shape index (κ1) is 23.8. The lowest BCUT2D eigenvalue weighted by atomic mass is 10.2. The summed E-state index contributed by atoms with van der Waals surface area (Å²) in [5.41, 5.74) is 2.06. The van der Waals surface area contributed by atoms with E-state index in [0.29, 0.717) is 22.8 Å². The molecule has 0 unspecified atom stereocenters. The van der Waals surface area contributed by atoms with E-state index in [1.54, 1.807) is 31.2 Å². The van der Waals surface area contributed by atoms with E-state index < -0.39 is 0 Å². The fraction of sp³-hybridized carbons (Fsp3) is 0.333. The van der Waals surface area contributed by atoms with Gasteiger partial charge in [-0.1, -0.05) is 17.4 Å². The van der Waals surface area contributed by atoms with Gasteiger partial charge in [0.15, 0.2) is 0 Å². The zero-order chi connectivity index (χ0) is 23.9. The van der Waals surface area contributed by atoms with E-state index in [0.717, 1.165) is 44.8 Å². The summed E-state index contributed by atoms with van der Waals surface area (Å²) >= 11 is 1.22. The predicted octanol–water partition coefficient (Wildman–Crippen LogP) is 3.18. The number of carbonyl (C=O) groups is 2. The van der Waals surface area contributed by atoms with Gasteiger partial charge in [-0.3, -0.25) is 14.5 Å². The second-order valence-corrected chi connectivity index (χ2v) is 9.26. The van der Waals surface area contributed by atoms with Crippen molar-refractivity contribution in [2.75, 3.05) is 49.5 Å². The predicted molar refractivity (Wildman–Crippen MR) is 131 cm³/mol. The van der Waals surface area contributed by atoms with Crippen LogP contribution in [0, 0.1) is 12.7 Å².